The van der Waals surface area contributed by atoms with E-state index in [1.165, 1.54) is 16.8 Å². The minimum Gasteiger partial charge on any atom is -0.404 e. The minimum atomic E-state index is -4.86. The third-order valence-corrected chi connectivity index (χ3v) is 3.68. The normalized spacial score (nSPS) is 11.2. The number of hydrogen-bond acceptors (Lipinski definition) is 3. The Morgan fingerprint density at radius 2 is 1.77 bits per heavy atom. The predicted octanol–water partition coefficient (Wildman–Crippen LogP) is 4.22. The zero-order chi connectivity index (χ0) is 18.7. The van der Waals surface area contributed by atoms with Crippen molar-refractivity contribution in [3.8, 4) is 28.1 Å². The van der Waals surface area contributed by atoms with Crippen molar-refractivity contribution in [1.82, 2.24) is 9.78 Å². The second kappa shape index (κ2) is 6.91. The second-order valence-corrected chi connectivity index (χ2v) is 5.40. The van der Waals surface area contributed by atoms with Gasteiger partial charge in [0.1, 0.15) is 5.75 Å². The molecule has 5 nitrogen and oxygen atoms in total. The number of aryl methyl sites for hydroxylation is 1. The third-order valence-electron chi connectivity index (χ3n) is 3.68. The number of amides is 1. The number of carbonyl (C=O) groups is 1. The number of benzene rings is 2. The highest BCUT2D eigenvalue weighted by molar-refractivity contribution is 5.83. The van der Waals surface area contributed by atoms with Crippen LogP contribution in [0.3, 0.4) is 0 Å². The highest BCUT2D eigenvalue weighted by atomic mass is 19.4. The van der Waals surface area contributed by atoms with E-state index >= 15 is 0 Å². The monoisotopic (exact) mass is 361 g/mol. The summed E-state index contributed by atoms with van der Waals surface area (Å²) in [5, 5.41) is 6.43. The first-order chi connectivity index (χ1) is 12.4. The van der Waals surface area contributed by atoms with Crippen LogP contribution in [0.25, 0.3) is 22.4 Å². The Morgan fingerprint density at radius 3 is 2.42 bits per heavy atom. The molecule has 0 fully saturated rings. The molecule has 26 heavy (non-hydrogen) atoms. The van der Waals surface area contributed by atoms with Crippen molar-refractivity contribution in [1.29, 1.82) is 0 Å². The number of hydrogen-bond donors (Lipinski definition) is 1. The number of ether oxygens (including phenoxy) is 1. The quantitative estimate of drug-likeness (QED) is 0.692. The number of nitrogens with zero attached hydrogens (tertiary/aromatic N) is 2. The lowest BCUT2D eigenvalue weighted by Gasteiger charge is -2.17. The van der Waals surface area contributed by atoms with E-state index in [2.05, 4.69) is 15.2 Å². The summed E-state index contributed by atoms with van der Waals surface area (Å²) >= 11 is 0. The first-order valence-electron chi connectivity index (χ1n) is 7.58. The maximum atomic E-state index is 13.1. The van der Waals surface area contributed by atoms with Crippen LogP contribution in [-0.2, 0) is 11.8 Å². The van der Waals surface area contributed by atoms with Gasteiger partial charge in [-0.2, -0.15) is 5.10 Å². The van der Waals surface area contributed by atoms with Crippen molar-refractivity contribution in [2.45, 2.75) is 6.36 Å². The lowest BCUT2D eigenvalue weighted by molar-refractivity contribution is -0.274. The molecular weight excluding hydrogens is 347 g/mol. The van der Waals surface area contributed by atoms with Crippen LogP contribution in [0.4, 0.5) is 19.0 Å². The molecule has 0 spiro atoms. The summed E-state index contributed by atoms with van der Waals surface area (Å²) < 4.78 is 44.9. The van der Waals surface area contributed by atoms with Gasteiger partial charge in [-0.15, -0.1) is 13.2 Å². The summed E-state index contributed by atoms with van der Waals surface area (Å²) in [6.07, 6.45) is -4.41. The maximum Gasteiger partial charge on any atom is 0.573 e. The lowest BCUT2D eigenvalue weighted by Crippen LogP contribution is -2.18. The Balaban J connectivity index is 2.20. The Bertz CT molecular complexity index is 921. The highest BCUT2D eigenvalue weighted by Gasteiger charge is 2.34. The highest BCUT2D eigenvalue weighted by Crippen LogP contribution is 2.41. The lowest BCUT2D eigenvalue weighted by atomic mass is 10.00. The SMILES string of the molecule is Cn1nc(NC=O)cc1-c1cccc(-c2ccccc2)c1OC(F)(F)F. The molecule has 1 N–H and O–H groups in total. The molecule has 0 aliphatic carbocycles. The summed E-state index contributed by atoms with van der Waals surface area (Å²) in [5.41, 5.74) is 1.46. The van der Waals surface area contributed by atoms with E-state index in [9.17, 15) is 18.0 Å². The molecular formula is C18H14F3N3O2. The molecule has 0 aliphatic rings. The van der Waals surface area contributed by atoms with Gasteiger partial charge in [-0.3, -0.25) is 9.48 Å². The largest absolute Gasteiger partial charge is 0.573 e. The van der Waals surface area contributed by atoms with Crippen LogP contribution in [0.2, 0.25) is 0 Å². The van der Waals surface area contributed by atoms with Crippen LogP contribution in [-0.4, -0.2) is 22.6 Å². The van der Waals surface area contributed by atoms with E-state index in [0.29, 0.717) is 23.2 Å². The van der Waals surface area contributed by atoms with Crippen LogP contribution >= 0.6 is 0 Å². The molecule has 0 radical (unpaired) electrons. The fourth-order valence-electron chi connectivity index (χ4n) is 2.66. The van der Waals surface area contributed by atoms with Crippen molar-refractivity contribution in [2.75, 3.05) is 5.32 Å². The molecule has 0 atom stereocenters. The minimum absolute atomic E-state index is 0.206. The molecule has 3 aromatic rings. The van der Waals surface area contributed by atoms with Crippen molar-refractivity contribution in [2.24, 2.45) is 7.05 Å². The van der Waals surface area contributed by atoms with Crippen LogP contribution in [0.5, 0.6) is 5.75 Å². The number of rotatable bonds is 5. The average molecular weight is 361 g/mol. The van der Waals surface area contributed by atoms with E-state index in [4.69, 9.17) is 0 Å². The van der Waals surface area contributed by atoms with Gasteiger partial charge in [0, 0.05) is 24.2 Å². The van der Waals surface area contributed by atoms with Crippen molar-refractivity contribution >= 4 is 12.2 Å². The predicted molar refractivity (Wildman–Crippen MR) is 90.4 cm³/mol. The number of nitrogens with one attached hydrogen (secondary N) is 1. The Kier molecular flexibility index (Phi) is 4.66. The third kappa shape index (κ3) is 3.69. The molecule has 0 aliphatic heterocycles. The van der Waals surface area contributed by atoms with Gasteiger partial charge in [0.2, 0.25) is 6.41 Å². The first-order valence-corrected chi connectivity index (χ1v) is 7.58. The maximum absolute atomic E-state index is 13.1. The molecule has 2 aromatic carbocycles. The fourth-order valence-corrected chi connectivity index (χ4v) is 2.66. The van der Waals surface area contributed by atoms with Gasteiger partial charge in [-0.25, -0.2) is 0 Å². The standard InChI is InChI=1S/C18H14F3N3O2/c1-24-15(10-16(23-24)22-11-25)14-9-5-8-13(12-6-3-2-4-7-12)17(14)26-18(19,20)21/h2-11H,1H3,(H,22,23,25). The van der Waals surface area contributed by atoms with Gasteiger partial charge in [-0.1, -0.05) is 42.5 Å². The zero-order valence-electron chi connectivity index (χ0n) is 13.6. The second-order valence-electron chi connectivity index (χ2n) is 5.40. The number of anilines is 1. The van der Waals surface area contributed by atoms with Crippen molar-refractivity contribution in [3.63, 3.8) is 0 Å². The molecule has 134 valence electrons. The Labute approximate surface area is 147 Å². The summed E-state index contributed by atoms with van der Waals surface area (Å²) in [6, 6.07) is 14.8. The molecule has 0 saturated carbocycles. The summed E-state index contributed by atoms with van der Waals surface area (Å²) in [4.78, 5) is 10.6. The number of para-hydroxylation sites is 1. The molecule has 0 unspecified atom stereocenters. The van der Waals surface area contributed by atoms with Crippen LogP contribution < -0.4 is 10.1 Å². The van der Waals surface area contributed by atoms with Crippen LogP contribution in [0, 0.1) is 0 Å². The first kappa shape index (κ1) is 17.5. The fraction of sp³-hybridized carbons (Fsp3) is 0.111. The summed E-state index contributed by atoms with van der Waals surface area (Å²) in [6.45, 7) is 0. The topological polar surface area (TPSA) is 56.2 Å². The molecule has 1 heterocycles. The van der Waals surface area contributed by atoms with E-state index in [0.717, 1.165) is 0 Å². The smallest absolute Gasteiger partial charge is 0.404 e. The van der Waals surface area contributed by atoms with Gasteiger partial charge in [-0.05, 0) is 11.6 Å². The van der Waals surface area contributed by atoms with Gasteiger partial charge < -0.3 is 10.1 Å². The molecule has 3 rings (SSSR count). The van der Waals surface area contributed by atoms with Crippen molar-refractivity contribution in [3.05, 3.63) is 54.6 Å². The number of carbonyl (C=O) groups excluding carboxylic acids is 1. The average Bonchev–Trinajstić information content (AvgIpc) is 2.95. The Morgan fingerprint density at radius 1 is 1.08 bits per heavy atom. The Hall–Kier alpha value is -3.29. The summed E-state index contributed by atoms with van der Waals surface area (Å²) in [5.74, 6) is -0.104. The van der Waals surface area contributed by atoms with Gasteiger partial charge in [0.05, 0.1) is 5.69 Å². The number of halogens is 3. The molecule has 1 aromatic heterocycles. The van der Waals surface area contributed by atoms with Gasteiger partial charge in [0.25, 0.3) is 0 Å². The summed E-state index contributed by atoms with van der Waals surface area (Å²) in [7, 11) is 1.57. The molecule has 0 saturated heterocycles. The van der Waals surface area contributed by atoms with Gasteiger partial charge >= 0.3 is 6.36 Å². The molecule has 8 heteroatoms. The van der Waals surface area contributed by atoms with E-state index in [-0.39, 0.29) is 17.1 Å². The van der Waals surface area contributed by atoms with Gasteiger partial charge in [0.15, 0.2) is 5.82 Å². The van der Waals surface area contributed by atoms with Crippen LogP contribution in [0.1, 0.15) is 0 Å². The van der Waals surface area contributed by atoms with E-state index in [1.807, 2.05) is 0 Å². The van der Waals surface area contributed by atoms with E-state index < -0.39 is 6.36 Å². The van der Waals surface area contributed by atoms with Crippen LogP contribution in [0.15, 0.2) is 54.6 Å². The number of alkyl halides is 3. The van der Waals surface area contributed by atoms with E-state index in [1.54, 1.807) is 49.5 Å². The number of aromatic nitrogens is 2. The molecule has 0 bridgehead atoms. The van der Waals surface area contributed by atoms with Crippen molar-refractivity contribution < 1.29 is 22.7 Å². The molecule has 1 amide bonds. The zero-order valence-corrected chi connectivity index (χ0v) is 13.6.